The number of benzene rings is 1. The summed E-state index contributed by atoms with van der Waals surface area (Å²) in [5, 5.41) is 51.3. The van der Waals surface area contributed by atoms with Crippen molar-refractivity contribution in [3.63, 3.8) is 0 Å². The number of pyridine rings is 2. The minimum absolute atomic E-state index is 0.000163. The molecule has 0 saturated carbocycles. The Hall–Kier alpha value is -8.91. The number of nitrogens with zero attached hydrogens (tertiary/aromatic N) is 3. The largest absolute Gasteiger partial charge is 0.458 e. The molecular formula is C59H73N11O20. The highest BCUT2D eigenvalue weighted by Gasteiger charge is 2.47. The van der Waals surface area contributed by atoms with E-state index in [1.54, 1.807) is 46.8 Å². The number of aliphatic hydroxyl groups excluding tert-OH is 2. The summed E-state index contributed by atoms with van der Waals surface area (Å²) in [6.07, 6.45) is -3.95. The summed E-state index contributed by atoms with van der Waals surface area (Å²) in [6, 6.07) is -1.27. The van der Waals surface area contributed by atoms with Crippen LogP contribution in [0.5, 0.6) is 11.5 Å². The summed E-state index contributed by atoms with van der Waals surface area (Å²) in [7, 11) is 0. The van der Waals surface area contributed by atoms with Crippen LogP contribution in [0.15, 0.2) is 29.1 Å². The number of esters is 1. The molecule has 1 fully saturated rings. The lowest BCUT2D eigenvalue weighted by molar-refractivity contribution is -0.172. The van der Waals surface area contributed by atoms with Gasteiger partial charge in [0.15, 0.2) is 17.1 Å². The average molecular weight is 1260 g/mol. The van der Waals surface area contributed by atoms with Crippen molar-refractivity contribution in [2.45, 2.75) is 154 Å². The predicted octanol–water partition coefficient (Wildman–Crippen LogP) is -3.15. The number of carbonyl (C=O) groups excluding carboxylic acids is 11. The molecule has 31 heteroatoms. The molecule has 5 aliphatic heterocycles. The van der Waals surface area contributed by atoms with Crippen molar-refractivity contribution in [3.05, 3.63) is 62.5 Å². The maximum Gasteiger partial charge on any atom is 0.343 e. The molecule has 6 aliphatic rings. The first-order valence-corrected chi connectivity index (χ1v) is 29.5. The number of nitrogens with one attached hydrogen (secondary N) is 7. The first-order valence-electron chi connectivity index (χ1n) is 29.5. The topological polar surface area (TPSA) is 443 Å². The van der Waals surface area contributed by atoms with Crippen molar-refractivity contribution < 1.29 is 91.7 Å². The fraction of sp³-hybridized carbons (Fsp3) is 0.542. The van der Waals surface area contributed by atoms with Crippen LogP contribution < -0.4 is 58.0 Å². The monoisotopic (exact) mass is 1260 g/mol. The van der Waals surface area contributed by atoms with Gasteiger partial charge in [-0.05, 0) is 64.0 Å². The standard InChI is InChI=1S/C59H73N11O20/c1-7-59(85)31-16-35-48-29(20-69(35)55(82)30(31)22-87-57(59)84)46-32(9-8-28-45(46)34(66-48)17-37-51(28)89-25-88-37)67-56(83)58(5,6)23-86-24-63-52(79)27(4)64-54(81)47(26(2)3)68-53(80)33(65-41(73)14-15-61-42(74)21-70-43(75)12-13-44(70)76)10-11-40(72)62-19-38-50(78)49(77)36(90-38)18-39(60)71/h12-13,16-17,26-27,32-33,36,38,47,49-50,77-78,85H,7-11,14-15,18-25H2,1-6H3,(H2,60,71)(H,61,74)(H,62,72)(H,63,79)(H,64,81)(H,65,73)(H,67,83)(H,68,80)/t27-,32-,33-,36-,38+,47-,49-,50+,59-/m0/s1. The normalized spacial score (nSPS) is 22.0. The summed E-state index contributed by atoms with van der Waals surface area (Å²) in [5.74, 6) is -7.67. The number of rotatable bonds is 26. The highest BCUT2D eigenvalue weighted by Crippen LogP contribution is 2.50. The summed E-state index contributed by atoms with van der Waals surface area (Å²) < 4.78 is 29.8. The van der Waals surface area contributed by atoms with E-state index in [2.05, 4.69) is 37.2 Å². The van der Waals surface area contributed by atoms with Gasteiger partial charge in [0.25, 0.3) is 17.4 Å². The van der Waals surface area contributed by atoms with Crippen LogP contribution in [0.4, 0.5) is 0 Å². The van der Waals surface area contributed by atoms with Crippen LogP contribution in [0, 0.1) is 11.3 Å². The van der Waals surface area contributed by atoms with E-state index >= 15 is 0 Å². The molecule has 2 aromatic heterocycles. The van der Waals surface area contributed by atoms with Crippen LogP contribution in [0.25, 0.3) is 22.3 Å². The zero-order valence-electron chi connectivity index (χ0n) is 50.3. The molecule has 12 N–H and O–H groups in total. The summed E-state index contributed by atoms with van der Waals surface area (Å²) in [6.45, 7) is 7.43. The summed E-state index contributed by atoms with van der Waals surface area (Å²) >= 11 is 0. The van der Waals surface area contributed by atoms with E-state index in [-0.39, 0.29) is 63.6 Å². The molecule has 3 aromatic rings. The van der Waals surface area contributed by atoms with Gasteiger partial charge in [-0.3, -0.25) is 57.6 Å². The van der Waals surface area contributed by atoms with Gasteiger partial charge in [-0.2, -0.15) is 0 Å². The molecule has 1 saturated heterocycles. The minimum atomic E-state index is -2.05. The number of nitrogens with two attached hydrogens (primary N) is 1. The van der Waals surface area contributed by atoms with Crippen LogP contribution >= 0.6 is 0 Å². The number of aliphatic hydroxyl groups is 3. The third-order valence-corrected chi connectivity index (χ3v) is 16.8. The molecule has 484 valence electrons. The van der Waals surface area contributed by atoms with Crippen molar-refractivity contribution in [2.75, 3.05) is 39.8 Å². The zero-order chi connectivity index (χ0) is 65.3. The number of fused-ring (bicyclic) bond motifs is 7. The predicted molar refractivity (Wildman–Crippen MR) is 309 cm³/mol. The van der Waals surface area contributed by atoms with Crippen molar-refractivity contribution >= 4 is 75.9 Å². The molecule has 0 spiro atoms. The molecule has 31 nitrogen and oxygen atoms in total. The Morgan fingerprint density at radius 3 is 2.27 bits per heavy atom. The Labute approximate surface area is 513 Å². The molecular weight excluding hydrogens is 1180 g/mol. The van der Waals surface area contributed by atoms with Gasteiger partial charge in [-0.1, -0.05) is 20.8 Å². The van der Waals surface area contributed by atoms with Crippen molar-refractivity contribution in [2.24, 2.45) is 17.1 Å². The quantitative estimate of drug-likeness (QED) is 0.0128. The fourth-order valence-corrected chi connectivity index (χ4v) is 11.7. The van der Waals surface area contributed by atoms with E-state index in [1.807, 2.05) is 0 Å². The maximum atomic E-state index is 14.4. The first-order chi connectivity index (χ1) is 42.6. The van der Waals surface area contributed by atoms with Gasteiger partial charge in [-0.15, -0.1) is 0 Å². The van der Waals surface area contributed by atoms with Gasteiger partial charge in [0.05, 0.1) is 59.6 Å². The van der Waals surface area contributed by atoms with Gasteiger partial charge < -0.3 is 86.5 Å². The van der Waals surface area contributed by atoms with Crippen LogP contribution in [-0.2, 0) is 92.1 Å². The van der Waals surface area contributed by atoms with Crippen LogP contribution in [-0.4, -0.2) is 177 Å². The molecule has 90 heavy (non-hydrogen) atoms. The smallest absolute Gasteiger partial charge is 0.343 e. The van der Waals surface area contributed by atoms with E-state index in [9.17, 15) is 72.9 Å². The Morgan fingerprint density at radius 2 is 1.57 bits per heavy atom. The number of aromatic nitrogens is 2. The van der Waals surface area contributed by atoms with Crippen LogP contribution in [0.3, 0.4) is 0 Å². The molecule has 0 unspecified atom stereocenters. The van der Waals surface area contributed by atoms with E-state index in [0.717, 1.165) is 23.1 Å². The molecule has 7 heterocycles. The molecule has 1 aromatic carbocycles. The number of carbonyl (C=O) groups is 11. The second-order valence-electron chi connectivity index (χ2n) is 23.9. The van der Waals surface area contributed by atoms with Crippen LogP contribution in [0.2, 0.25) is 0 Å². The average Bonchev–Trinajstić information content (AvgIpc) is 1.44. The van der Waals surface area contributed by atoms with Crippen molar-refractivity contribution in [3.8, 4) is 22.9 Å². The molecule has 10 amide bonds. The third-order valence-electron chi connectivity index (χ3n) is 16.8. The number of cyclic esters (lactones) is 1. The van der Waals surface area contributed by atoms with Crippen molar-refractivity contribution in [1.82, 2.24) is 51.7 Å². The molecule has 0 radical (unpaired) electrons. The number of primary amides is 1. The molecule has 9 rings (SSSR count). The number of ether oxygens (including phenoxy) is 5. The summed E-state index contributed by atoms with van der Waals surface area (Å²) in [4.78, 5) is 162. The van der Waals surface area contributed by atoms with Gasteiger partial charge in [0, 0.05) is 66.2 Å². The van der Waals surface area contributed by atoms with Gasteiger partial charge >= 0.3 is 5.97 Å². The second-order valence-corrected chi connectivity index (χ2v) is 23.9. The molecule has 1 aliphatic carbocycles. The second kappa shape index (κ2) is 26.7. The molecule has 0 bridgehead atoms. The van der Waals surface area contributed by atoms with Gasteiger partial charge in [-0.25, -0.2) is 9.78 Å². The van der Waals surface area contributed by atoms with Crippen LogP contribution in [0.1, 0.15) is 114 Å². The third kappa shape index (κ3) is 13.5. The lowest BCUT2D eigenvalue weighted by Gasteiger charge is -2.32. The Kier molecular flexibility index (Phi) is 19.4. The van der Waals surface area contributed by atoms with E-state index < -0.39 is 169 Å². The van der Waals surface area contributed by atoms with E-state index in [1.165, 1.54) is 11.5 Å². The van der Waals surface area contributed by atoms with Crippen molar-refractivity contribution in [1.29, 1.82) is 0 Å². The lowest BCUT2D eigenvalue weighted by Crippen LogP contribution is -2.58. The number of amides is 10. The van der Waals surface area contributed by atoms with E-state index in [4.69, 9.17) is 34.4 Å². The Balaban J connectivity index is 0.797. The van der Waals surface area contributed by atoms with Gasteiger partial charge in [0.1, 0.15) is 56.3 Å². The first kappa shape index (κ1) is 65.5. The van der Waals surface area contributed by atoms with E-state index in [0.29, 0.717) is 57.3 Å². The SMILES string of the molecule is CC[C@@]1(O)C(=O)OCc2c1cc1n(c2=O)Cc2c-1nc1cc3c(c4c1c2[C@@H](NC(=O)C(C)(C)COCNC(=O)[C@H](C)NC(=O)[C@@H](NC(=O)[C@H](CCC(=O)NC[C@H]1O[C@@H](CC(N)=O)[C@H](O)[C@@H]1O)NC(=O)CCNC(=O)CN1C(=O)C=CC1=O)C(C)C)CC4)OCO3. The fourth-order valence-electron chi connectivity index (χ4n) is 11.7. The number of hydrogen-bond acceptors (Lipinski definition) is 21. The number of imide groups is 1. The highest BCUT2D eigenvalue weighted by atomic mass is 16.7. The summed E-state index contributed by atoms with van der Waals surface area (Å²) in [5.41, 5.74) is 5.36. The maximum absolute atomic E-state index is 14.4. The number of aryl methyl sites for hydroxylation is 1. The highest BCUT2D eigenvalue weighted by molar-refractivity contribution is 6.14. The zero-order valence-corrected chi connectivity index (χ0v) is 50.3. The van der Waals surface area contributed by atoms with Gasteiger partial charge in [0.2, 0.25) is 54.1 Å². The Bertz CT molecular complexity index is 3550. The number of hydrogen-bond donors (Lipinski definition) is 11. The lowest BCUT2D eigenvalue weighted by atomic mass is 9.82. The Morgan fingerprint density at radius 1 is 0.844 bits per heavy atom. The molecule has 9 atom stereocenters. The minimum Gasteiger partial charge on any atom is -0.458 e.